The molecule has 3 rings (SSSR count). The van der Waals surface area contributed by atoms with Crippen LogP contribution in [0.5, 0.6) is 0 Å². The number of imide groups is 1. The van der Waals surface area contributed by atoms with Crippen LogP contribution in [0.25, 0.3) is 0 Å². The van der Waals surface area contributed by atoms with Crippen LogP contribution in [-0.4, -0.2) is 50.9 Å². The number of urea groups is 2. The SMILES string of the molecule is O=C(NCC1CCCC1)NS(=O)(=O)c1ccc(CCNC(=O)N2CCCCC2=O)cc1. The van der Waals surface area contributed by atoms with Crippen LogP contribution in [0.15, 0.2) is 29.2 Å². The highest BCUT2D eigenvalue weighted by atomic mass is 32.2. The van der Waals surface area contributed by atoms with Crippen molar-refractivity contribution in [2.75, 3.05) is 19.6 Å². The van der Waals surface area contributed by atoms with Crippen LogP contribution in [0.3, 0.4) is 0 Å². The number of nitrogens with zero attached hydrogens (tertiary/aromatic N) is 1. The van der Waals surface area contributed by atoms with Gasteiger partial charge in [0.1, 0.15) is 0 Å². The summed E-state index contributed by atoms with van der Waals surface area (Å²) in [6.45, 7) is 1.25. The molecule has 1 aliphatic carbocycles. The quantitative estimate of drug-likeness (QED) is 0.587. The zero-order valence-electron chi connectivity index (χ0n) is 17.6. The number of hydrogen-bond donors (Lipinski definition) is 3. The van der Waals surface area contributed by atoms with E-state index in [1.54, 1.807) is 12.1 Å². The highest BCUT2D eigenvalue weighted by molar-refractivity contribution is 7.90. The minimum atomic E-state index is -3.95. The number of sulfonamides is 1. The van der Waals surface area contributed by atoms with Gasteiger partial charge in [0.05, 0.1) is 4.90 Å². The maximum absolute atomic E-state index is 12.4. The molecule has 1 heterocycles. The number of benzene rings is 1. The Labute approximate surface area is 183 Å². The lowest BCUT2D eigenvalue weighted by atomic mass is 10.1. The van der Waals surface area contributed by atoms with Gasteiger partial charge < -0.3 is 10.6 Å². The van der Waals surface area contributed by atoms with Gasteiger partial charge in [0.15, 0.2) is 0 Å². The summed E-state index contributed by atoms with van der Waals surface area (Å²) in [5.74, 6) is 0.263. The van der Waals surface area contributed by atoms with Crippen molar-refractivity contribution in [1.29, 1.82) is 0 Å². The smallest absolute Gasteiger partial charge is 0.328 e. The molecule has 31 heavy (non-hydrogen) atoms. The van der Waals surface area contributed by atoms with E-state index in [4.69, 9.17) is 0 Å². The topological polar surface area (TPSA) is 125 Å². The molecule has 9 nitrogen and oxygen atoms in total. The van der Waals surface area contributed by atoms with Gasteiger partial charge in [-0.1, -0.05) is 25.0 Å². The molecule has 2 aliphatic rings. The Hall–Kier alpha value is -2.62. The van der Waals surface area contributed by atoms with Crippen LogP contribution in [0, 0.1) is 5.92 Å². The zero-order chi connectivity index (χ0) is 22.3. The summed E-state index contributed by atoms with van der Waals surface area (Å²) < 4.78 is 26.8. The molecule has 0 radical (unpaired) electrons. The summed E-state index contributed by atoms with van der Waals surface area (Å²) in [6, 6.07) is 5.03. The summed E-state index contributed by atoms with van der Waals surface area (Å²) in [5, 5.41) is 5.36. The Balaban J connectivity index is 1.44. The maximum Gasteiger partial charge on any atom is 0.328 e. The molecule has 0 atom stereocenters. The number of piperidine rings is 1. The van der Waals surface area contributed by atoms with Crippen LogP contribution in [0.2, 0.25) is 0 Å². The number of amides is 5. The highest BCUT2D eigenvalue weighted by Crippen LogP contribution is 2.23. The Bertz CT molecular complexity index is 895. The average molecular weight is 451 g/mol. The van der Waals surface area contributed by atoms with Crippen molar-refractivity contribution in [1.82, 2.24) is 20.3 Å². The first-order valence-corrected chi connectivity index (χ1v) is 12.3. The number of carbonyl (C=O) groups is 3. The third kappa shape index (κ3) is 6.68. The first-order chi connectivity index (χ1) is 14.8. The Morgan fingerprint density at radius 1 is 1.00 bits per heavy atom. The van der Waals surface area contributed by atoms with E-state index in [1.807, 2.05) is 4.72 Å². The summed E-state index contributed by atoms with van der Waals surface area (Å²) in [6.07, 6.45) is 6.94. The Morgan fingerprint density at radius 3 is 2.39 bits per heavy atom. The van der Waals surface area contributed by atoms with Crippen molar-refractivity contribution < 1.29 is 22.8 Å². The molecule has 1 saturated heterocycles. The molecule has 3 N–H and O–H groups in total. The Morgan fingerprint density at radius 2 is 1.71 bits per heavy atom. The van der Waals surface area contributed by atoms with E-state index in [1.165, 1.54) is 17.0 Å². The van der Waals surface area contributed by atoms with E-state index in [0.29, 0.717) is 38.4 Å². The molecule has 1 saturated carbocycles. The molecular formula is C21H30N4O5S. The first-order valence-electron chi connectivity index (χ1n) is 10.8. The lowest BCUT2D eigenvalue weighted by Crippen LogP contribution is -2.46. The molecular weight excluding hydrogens is 420 g/mol. The van der Waals surface area contributed by atoms with Crippen LogP contribution < -0.4 is 15.4 Å². The molecule has 0 aromatic heterocycles. The molecule has 0 spiro atoms. The van der Waals surface area contributed by atoms with Gasteiger partial charge in [-0.3, -0.25) is 9.69 Å². The first kappa shape index (κ1) is 23.1. The lowest BCUT2D eigenvalue weighted by Gasteiger charge is -2.24. The monoisotopic (exact) mass is 450 g/mol. The summed E-state index contributed by atoms with van der Waals surface area (Å²) in [7, 11) is -3.95. The molecule has 0 unspecified atom stereocenters. The molecule has 1 aromatic rings. The molecule has 1 aromatic carbocycles. The standard InChI is InChI=1S/C21H30N4O5S/c26-19-7-3-4-14-25(19)21(28)22-13-12-16-8-10-18(11-9-16)31(29,30)24-20(27)23-15-17-5-1-2-6-17/h8-11,17H,1-7,12-15H2,(H,22,28)(H2,23,24,27). The number of carbonyl (C=O) groups excluding carboxylic acids is 3. The van der Waals surface area contributed by atoms with E-state index in [-0.39, 0.29) is 10.8 Å². The van der Waals surface area contributed by atoms with Crippen molar-refractivity contribution in [3.05, 3.63) is 29.8 Å². The van der Waals surface area contributed by atoms with Crippen LogP contribution >= 0.6 is 0 Å². The van der Waals surface area contributed by atoms with Crippen molar-refractivity contribution in [3.63, 3.8) is 0 Å². The fourth-order valence-corrected chi connectivity index (χ4v) is 4.86. The normalized spacial score (nSPS) is 17.4. The third-order valence-corrected chi connectivity index (χ3v) is 7.09. The fraction of sp³-hybridized carbons (Fsp3) is 0.571. The minimum Gasteiger partial charge on any atom is -0.337 e. The Kier molecular flexibility index (Phi) is 7.89. The third-order valence-electron chi connectivity index (χ3n) is 5.75. The largest absolute Gasteiger partial charge is 0.337 e. The van der Waals surface area contributed by atoms with Gasteiger partial charge in [-0.25, -0.2) is 22.7 Å². The van der Waals surface area contributed by atoms with Crippen molar-refractivity contribution in [2.45, 2.75) is 56.3 Å². The van der Waals surface area contributed by atoms with Gasteiger partial charge in [0.2, 0.25) is 5.91 Å². The van der Waals surface area contributed by atoms with E-state index in [9.17, 15) is 22.8 Å². The molecule has 2 fully saturated rings. The molecule has 10 heteroatoms. The molecule has 5 amide bonds. The maximum atomic E-state index is 12.4. The number of likely N-dealkylation sites (tertiary alicyclic amines) is 1. The van der Waals surface area contributed by atoms with Crippen molar-refractivity contribution >= 4 is 28.0 Å². The van der Waals surface area contributed by atoms with Crippen LogP contribution in [0.4, 0.5) is 9.59 Å². The number of rotatable bonds is 7. The highest BCUT2D eigenvalue weighted by Gasteiger charge is 2.24. The fourth-order valence-electron chi connectivity index (χ4n) is 3.93. The van der Waals surface area contributed by atoms with Crippen molar-refractivity contribution in [3.8, 4) is 0 Å². The minimum absolute atomic E-state index is 0.00443. The zero-order valence-corrected chi connectivity index (χ0v) is 18.4. The molecule has 1 aliphatic heterocycles. The second kappa shape index (κ2) is 10.6. The predicted octanol–water partition coefficient (Wildman–Crippen LogP) is 2.13. The number of nitrogens with one attached hydrogen (secondary N) is 3. The van der Waals surface area contributed by atoms with Crippen molar-refractivity contribution in [2.24, 2.45) is 5.92 Å². The molecule has 0 bridgehead atoms. The predicted molar refractivity (Wildman–Crippen MR) is 115 cm³/mol. The van der Waals surface area contributed by atoms with Gasteiger partial charge in [0.25, 0.3) is 10.0 Å². The van der Waals surface area contributed by atoms with Crippen LogP contribution in [0.1, 0.15) is 50.5 Å². The number of hydrogen-bond acceptors (Lipinski definition) is 5. The van der Waals surface area contributed by atoms with E-state index < -0.39 is 22.1 Å². The summed E-state index contributed by atoms with van der Waals surface area (Å²) in [5.41, 5.74) is 0.829. The molecule has 170 valence electrons. The lowest BCUT2D eigenvalue weighted by molar-refractivity contribution is -0.130. The van der Waals surface area contributed by atoms with Gasteiger partial charge >= 0.3 is 12.1 Å². The van der Waals surface area contributed by atoms with E-state index in [0.717, 1.165) is 44.1 Å². The van der Waals surface area contributed by atoms with Gasteiger partial charge in [-0.15, -0.1) is 0 Å². The second-order valence-electron chi connectivity index (χ2n) is 8.09. The summed E-state index contributed by atoms with van der Waals surface area (Å²) >= 11 is 0. The summed E-state index contributed by atoms with van der Waals surface area (Å²) in [4.78, 5) is 37.0. The second-order valence-corrected chi connectivity index (χ2v) is 9.78. The van der Waals surface area contributed by atoms with E-state index in [2.05, 4.69) is 10.6 Å². The van der Waals surface area contributed by atoms with Gasteiger partial charge in [-0.2, -0.15) is 0 Å². The van der Waals surface area contributed by atoms with Crippen LogP contribution in [-0.2, 0) is 21.2 Å². The average Bonchev–Trinajstić information content (AvgIpc) is 3.26. The van der Waals surface area contributed by atoms with Gasteiger partial charge in [-0.05, 0) is 55.7 Å². The van der Waals surface area contributed by atoms with Gasteiger partial charge in [0, 0.05) is 26.1 Å². The van der Waals surface area contributed by atoms with E-state index >= 15 is 0 Å².